The predicted molar refractivity (Wildman–Crippen MR) is 89.7 cm³/mol. The molecule has 0 saturated heterocycles. The van der Waals surface area contributed by atoms with Crippen LogP contribution in [0, 0.1) is 6.92 Å². The molecule has 1 N–H and O–H groups in total. The lowest BCUT2D eigenvalue weighted by Gasteiger charge is -2.03. The maximum Gasteiger partial charge on any atom is 0.338 e. The van der Waals surface area contributed by atoms with Crippen LogP contribution in [0.2, 0.25) is 0 Å². The van der Waals surface area contributed by atoms with Gasteiger partial charge in [-0.3, -0.25) is 5.43 Å². The van der Waals surface area contributed by atoms with Gasteiger partial charge in [0.2, 0.25) is 5.13 Å². The van der Waals surface area contributed by atoms with Crippen LogP contribution in [-0.2, 0) is 4.74 Å². The third-order valence-electron chi connectivity index (χ3n) is 2.87. The number of hydrogen-bond donors (Lipinski definition) is 1. The summed E-state index contributed by atoms with van der Waals surface area (Å²) in [6, 6.07) is 7.13. The second-order valence-electron chi connectivity index (χ2n) is 4.78. The van der Waals surface area contributed by atoms with Gasteiger partial charge < -0.3 is 4.74 Å². The van der Waals surface area contributed by atoms with E-state index in [0.717, 1.165) is 29.2 Å². The summed E-state index contributed by atoms with van der Waals surface area (Å²) in [6.07, 6.45) is 3.58. The largest absolute Gasteiger partial charge is 0.462 e. The zero-order valence-corrected chi connectivity index (χ0v) is 13.5. The Hall–Kier alpha value is -2.21. The van der Waals surface area contributed by atoms with Gasteiger partial charge in [0.25, 0.3) is 0 Å². The quantitative estimate of drug-likeness (QED) is 0.364. The van der Waals surface area contributed by atoms with Crippen LogP contribution >= 0.6 is 11.3 Å². The fourth-order valence-corrected chi connectivity index (χ4v) is 2.30. The second-order valence-corrected chi connectivity index (χ2v) is 5.63. The SMILES string of the molecule is CCCCOC(=O)c1ccc(/C=N/Nc2nc(C)cs2)cc1. The summed E-state index contributed by atoms with van der Waals surface area (Å²) in [6.45, 7) is 4.46. The van der Waals surface area contributed by atoms with Gasteiger partial charge in [-0.25, -0.2) is 9.78 Å². The van der Waals surface area contributed by atoms with Crippen molar-refractivity contribution in [1.82, 2.24) is 4.98 Å². The summed E-state index contributed by atoms with van der Waals surface area (Å²) in [7, 11) is 0. The first kappa shape index (κ1) is 16.2. The molecule has 0 aliphatic carbocycles. The van der Waals surface area contributed by atoms with Crippen LogP contribution in [0.4, 0.5) is 5.13 Å². The van der Waals surface area contributed by atoms with Crippen LogP contribution in [0.25, 0.3) is 0 Å². The minimum absolute atomic E-state index is 0.284. The number of carbonyl (C=O) groups is 1. The van der Waals surface area contributed by atoms with Crippen molar-refractivity contribution < 1.29 is 9.53 Å². The molecule has 5 nitrogen and oxygen atoms in total. The Morgan fingerprint density at radius 2 is 2.18 bits per heavy atom. The van der Waals surface area contributed by atoms with E-state index in [1.54, 1.807) is 18.3 Å². The number of aryl methyl sites for hydroxylation is 1. The van der Waals surface area contributed by atoms with Crippen molar-refractivity contribution in [3.8, 4) is 0 Å². The molecule has 1 heterocycles. The molecule has 1 aromatic heterocycles. The molecular weight excluding hydrogens is 298 g/mol. The Labute approximate surface area is 134 Å². The fraction of sp³-hybridized carbons (Fsp3) is 0.312. The number of hydrogen-bond acceptors (Lipinski definition) is 6. The summed E-state index contributed by atoms with van der Waals surface area (Å²) >= 11 is 1.50. The van der Waals surface area contributed by atoms with E-state index >= 15 is 0 Å². The van der Waals surface area contributed by atoms with Gasteiger partial charge in [0.1, 0.15) is 0 Å². The van der Waals surface area contributed by atoms with Gasteiger partial charge in [-0.05, 0) is 31.0 Å². The summed E-state index contributed by atoms with van der Waals surface area (Å²) < 4.78 is 5.16. The molecule has 0 radical (unpaired) electrons. The zero-order valence-electron chi connectivity index (χ0n) is 12.7. The van der Waals surface area contributed by atoms with Crippen LogP contribution in [0.1, 0.15) is 41.4 Å². The molecule has 6 heteroatoms. The van der Waals surface area contributed by atoms with Crippen LogP contribution in [-0.4, -0.2) is 23.8 Å². The molecule has 0 bridgehead atoms. The van der Waals surface area contributed by atoms with Gasteiger partial charge in [-0.1, -0.05) is 25.5 Å². The molecule has 2 aromatic rings. The highest BCUT2D eigenvalue weighted by molar-refractivity contribution is 7.13. The molecule has 2 rings (SSSR count). The molecule has 0 fully saturated rings. The van der Waals surface area contributed by atoms with E-state index in [9.17, 15) is 4.79 Å². The molecule has 0 aliphatic heterocycles. The number of unbranched alkanes of at least 4 members (excludes halogenated alkanes) is 1. The molecule has 0 spiro atoms. The molecule has 116 valence electrons. The number of benzene rings is 1. The Bertz CT molecular complexity index is 635. The summed E-state index contributed by atoms with van der Waals surface area (Å²) in [4.78, 5) is 16.0. The zero-order chi connectivity index (χ0) is 15.8. The van der Waals surface area contributed by atoms with Crippen LogP contribution in [0.15, 0.2) is 34.7 Å². The molecule has 0 aliphatic rings. The highest BCUT2D eigenvalue weighted by atomic mass is 32.1. The monoisotopic (exact) mass is 317 g/mol. The van der Waals surface area contributed by atoms with Gasteiger partial charge in [0.05, 0.1) is 24.1 Å². The van der Waals surface area contributed by atoms with Gasteiger partial charge in [0, 0.05) is 5.38 Å². The summed E-state index contributed by atoms with van der Waals surface area (Å²) in [5.41, 5.74) is 5.28. The van der Waals surface area contributed by atoms with E-state index in [1.807, 2.05) is 24.4 Å². The topological polar surface area (TPSA) is 63.6 Å². The first-order chi connectivity index (χ1) is 10.7. The lowest BCUT2D eigenvalue weighted by atomic mass is 10.1. The van der Waals surface area contributed by atoms with Crippen molar-refractivity contribution in [3.05, 3.63) is 46.5 Å². The van der Waals surface area contributed by atoms with Gasteiger partial charge >= 0.3 is 5.97 Å². The van der Waals surface area contributed by atoms with Crippen LogP contribution < -0.4 is 5.43 Å². The Kier molecular flexibility index (Phi) is 6.09. The highest BCUT2D eigenvalue weighted by Crippen LogP contribution is 2.14. The number of thiazole rings is 1. The van der Waals surface area contributed by atoms with E-state index in [2.05, 4.69) is 22.4 Å². The van der Waals surface area contributed by atoms with Crippen molar-refractivity contribution >= 4 is 28.7 Å². The average Bonchev–Trinajstić information content (AvgIpc) is 2.93. The third-order valence-corrected chi connectivity index (χ3v) is 3.74. The molecule has 1 aromatic carbocycles. The first-order valence-electron chi connectivity index (χ1n) is 7.17. The van der Waals surface area contributed by atoms with Gasteiger partial charge in [0.15, 0.2) is 0 Å². The van der Waals surface area contributed by atoms with Crippen molar-refractivity contribution in [3.63, 3.8) is 0 Å². The van der Waals surface area contributed by atoms with Crippen molar-refractivity contribution in [2.45, 2.75) is 26.7 Å². The number of carbonyl (C=O) groups excluding carboxylic acids is 1. The Morgan fingerprint density at radius 1 is 1.41 bits per heavy atom. The molecule has 0 unspecified atom stereocenters. The lowest BCUT2D eigenvalue weighted by Crippen LogP contribution is -2.06. The number of anilines is 1. The number of aromatic nitrogens is 1. The van der Waals surface area contributed by atoms with Crippen LogP contribution in [0.5, 0.6) is 0 Å². The molecule has 0 atom stereocenters. The minimum Gasteiger partial charge on any atom is -0.462 e. The maximum absolute atomic E-state index is 11.8. The fourth-order valence-electron chi connectivity index (χ4n) is 1.67. The summed E-state index contributed by atoms with van der Waals surface area (Å²) in [5, 5.41) is 6.83. The van der Waals surface area contributed by atoms with Crippen molar-refractivity contribution in [1.29, 1.82) is 0 Å². The van der Waals surface area contributed by atoms with Gasteiger partial charge in [-0.2, -0.15) is 5.10 Å². The van der Waals surface area contributed by atoms with Crippen LogP contribution in [0.3, 0.4) is 0 Å². The number of hydrazone groups is 1. The number of nitrogens with one attached hydrogen (secondary N) is 1. The van der Waals surface area contributed by atoms with E-state index < -0.39 is 0 Å². The Balaban J connectivity index is 1.87. The minimum atomic E-state index is -0.284. The van der Waals surface area contributed by atoms with E-state index in [1.165, 1.54) is 11.3 Å². The summed E-state index contributed by atoms with van der Waals surface area (Å²) in [5.74, 6) is -0.284. The van der Waals surface area contributed by atoms with E-state index in [-0.39, 0.29) is 5.97 Å². The molecular formula is C16H19N3O2S. The molecule has 22 heavy (non-hydrogen) atoms. The molecule has 0 saturated carbocycles. The predicted octanol–water partition coefficient (Wildman–Crippen LogP) is 3.85. The Morgan fingerprint density at radius 3 is 2.82 bits per heavy atom. The third kappa shape index (κ3) is 4.96. The standard InChI is InChI=1S/C16H19N3O2S/c1-3-4-9-21-15(20)14-7-5-13(6-8-14)10-17-19-16-18-12(2)11-22-16/h5-8,10-11H,3-4,9H2,1-2H3,(H,18,19)/b17-10+. The first-order valence-corrected chi connectivity index (χ1v) is 8.05. The maximum atomic E-state index is 11.8. The molecule has 0 amide bonds. The number of esters is 1. The van der Waals surface area contributed by atoms with Crippen molar-refractivity contribution in [2.75, 3.05) is 12.0 Å². The normalized spacial score (nSPS) is 10.8. The van der Waals surface area contributed by atoms with E-state index in [0.29, 0.717) is 12.2 Å². The van der Waals surface area contributed by atoms with Gasteiger partial charge in [-0.15, -0.1) is 11.3 Å². The second kappa shape index (κ2) is 8.29. The lowest BCUT2D eigenvalue weighted by molar-refractivity contribution is 0.0500. The van der Waals surface area contributed by atoms with E-state index in [4.69, 9.17) is 4.74 Å². The highest BCUT2D eigenvalue weighted by Gasteiger charge is 2.05. The number of rotatable bonds is 7. The average molecular weight is 317 g/mol. The van der Waals surface area contributed by atoms with Crippen molar-refractivity contribution in [2.24, 2.45) is 5.10 Å². The number of nitrogens with zero attached hydrogens (tertiary/aromatic N) is 2. The number of ether oxygens (including phenoxy) is 1. The smallest absolute Gasteiger partial charge is 0.338 e.